The smallest absolute Gasteiger partial charge is 0.124 e. The summed E-state index contributed by atoms with van der Waals surface area (Å²) in [4.78, 5) is 0. The molecule has 0 aliphatic rings. The minimum atomic E-state index is 0.409. The highest BCUT2D eigenvalue weighted by Gasteiger charge is 2.07. The number of methoxy groups -OCH3 is 1. The maximum atomic E-state index is 5.16. The van der Waals surface area contributed by atoms with E-state index in [4.69, 9.17) is 9.26 Å². The molecule has 4 heteroatoms. The van der Waals surface area contributed by atoms with Gasteiger partial charge in [0.1, 0.15) is 6.26 Å². The van der Waals surface area contributed by atoms with Crippen molar-refractivity contribution >= 4 is 0 Å². The van der Waals surface area contributed by atoms with Crippen molar-refractivity contribution in [1.29, 1.82) is 0 Å². The molecule has 0 saturated carbocycles. The van der Waals surface area contributed by atoms with Gasteiger partial charge in [0.25, 0.3) is 0 Å². The van der Waals surface area contributed by atoms with Crippen LogP contribution in [0.3, 0.4) is 0 Å². The first-order chi connectivity index (χ1) is 7.36. The van der Waals surface area contributed by atoms with Crippen molar-refractivity contribution in [2.75, 3.05) is 13.7 Å². The standard InChI is InChI=1S/C11H20N2O2/c1-3-4-5-11(9-14-2)12-8-10-6-7-15-13-10/h6-7,11-12H,3-5,8-9H2,1-2H3. The van der Waals surface area contributed by atoms with Crippen molar-refractivity contribution in [3.8, 4) is 0 Å². The molecule has 0 bridgehead atoms. The van der Waals surface area contributed by atoms with Crippen LogP contribution in [0.25, 0.3) is 0 Å². The lowest BCUT2D eigenvalue weighted by atomic mass is 10.1. The number of nitrogens with zero attached hydrogens (tertiary/aromatic N) is 1. The van der Waals surface area contributed by atoms with Crippen LogP contribution in [0.2, 0.25) is 0 Å². The predicted molar refractivity (Wildman–Crippen MR) is 58.5 cm³/mol. The first kappa shape index (κ1) is 12.2. The van der Waals surface area contributed by atoms with Gasteiger partial charge in [0.05, 0.1) is 12.3 Å². The van der Waals surface area contributed by atoms with Gasteiger partial charge in [-0.15, -0.1) is 0 Å². The zero-order valence-electron chi connectivity index (χ0n) is 9.53. The second kappa shape index (κ2) is 7.43. The molecule has 0 aromatic carbocycles. The number of ether oxygens (including phenoxy) is 1. The largest absolute Gasteiger partial charge is 0.383 e. The molecule has 1 unspecified atom stereocenters. The number of nitrogens with one attached hydrogen (secondary N) is 1. The van der Waals surface area contributed by atoms with Crippen LogP contribution in [-0.2, 0) is 11.3 Å². The average molecular weight is 212 g/mol. The Kier molecular flexibility index (Phi) is 6.04. The number of rotatable bonds is 8. The fraction of sp³-hybridized carbons (Fsp3) is 0.727. The van der Waals surface area contributed by atoms with Gasteiger partial charge in [0.15, 0.2) is 0 Å². The molecule has 1 N–H and O–H groups in total. The van der Waals surface area contributed by atoms with Crippen LogP contribution in [0, 0.1) is 0 Å². The quantitative estimate of drug-likeness (QED) is 0.715. The van der Waals surface area contributed by atoms with Crippen LogP contribution in [-0.4, -0.2) is 24.9 Å². The van der Waals surface area contributed by atoms with Gasteiger partial charge in [-0.2, -0.15) is 0 Å². The predicted octanol–water partition coefficient (Wildman–Crippen LogP) is 1.97. The topological polar surface area (TPSA) is 47.3 Å². The number of hydrogen-bond acceptors (Lipinski definition) is 4. The van der Waals surface area contributed by atoms with E-state index < -0.39 is 0 Å². The van der Waals surface area contributed by atoms with Crippen LogP contribution >= 0.6 is 0 Å². The molecule has 1 atom stereocenters. The molecule has 0 radical (unpaired) electrons. The lowest BCUT2D eigenvalue weighted by Gasteiger charge is -2.16. The SMILES string of the molecule is CCCCC(COC)NCc1ccon1. The Morgan fingerprint density at radius 3 is 3.07 bits per heavy atom. The first-order valence-corrected chi connectivity index (χ1v) is 5.48. The van der Waals surface area contributed by atoms with Crippen LogP contribution in [0.5, 0.6) is 0 Å². The molecule has 0 fully saturated rings. The minimum absolute atomic E-state index is 0.409. The average Bonchev–Trinajstić information content (AvgIpc) is 2.75. The van der Waals surface area contributed by atoms with Gasteiger partial charge in [0, 0.05) is 25.8 Å². The van der Waals surface area contributed by atoms with E-state index in [0.29, 0.717) is 6.04 Å². The summed E-state index contributed by atoms with van der Waals surface area (Å²) in [5.74, 6) is 0. The number of hydrogen-bond donors (Lipinski definition) is 1. The fourth-order valence-corrected chi connectivity index (χ4v) is 1.47. The van der Waals surface area contributed by atoms with Crippen molar-refractivity contribution in [1.82, 2.24) is 10.5 Å². The fourth-order valence-electron chi connectivity index (χ4n) is 1.47. The lowest BCUT2D eigenvalue weighted by Crippen LogP contribution is -2.32. The van der Waals surface area contributed by atoms with E-state index in [9.17, 15) is 0 Å². The summed E-state index contributed by atoms with van der Waals surface area (Å²) < 4.78 is 9.93. The molecule has 0 saturated heterocycles. The van der Waals surface area contributed by atoms with E-state index in [1.807, 2.05) is 6.07 Å². The lowest BCUT2D eigenvalue weighted by molar-refractivity contribution is 0.160. The summed E-state index contributed by atoms with van der Waals surface area (Å²) in [7, 11) is 1.73. The van der Waals surface area contributed by atoms with Crippen molar-refractivity contribution in [2.24, 2.45) is 0 Å². The monoisotopic (exact) mass is 212 g/mol. The number of aromatic nitrogens is 1. The summed E-state index contributed by atoms with van der Waals surface area (Å²) in [6.45, 7) is 3.69. The van der Waals surface area contributed by atoms with E-state index in [0.717, 1.165) is 25.3 Å². The molecule has 15 heavy (non-hydrogen) atoms. The molecule has 86 valence electrons. The molecular weight excluding hydrogens is 192 g/mol. The Hall–Kier alpha value is -0.870. The van der Waals surface area contributed by atoms with Gasteiger partial charge in [0.2, 0.25) is 0 Å². The maximum absolute atomic E-state index is 5.16. The van der Waals surface area contributed by atoms with Crippen LogP contribution in [0.4, 0.5) is 0 Å². The molecule has 0 amide bonds. The van der Waals surface area contributed by atoms with Crippen LogP contribution < -0.4 is 5.32 Å². The highest BCUT2D eigenvalue weighted by atomic mass is 16.5. The van der Waals surface area contributed by atoms with Gasteiger partial charge >= 0.3 is 0 Å². The van der Waals surface area contributed by atoms with Crippen molar-refractivity contribution in [2.45, 2.75) is 38.8 Å². The van der Waals surface area contributed by atoms with E-state index in [1.165, 1.54) is 12.8 Å². The van der Waals surface area contributed by atoms with E-state index in [1.54, 1.807) is 13.4 Å². The van der Waals surface area contributed by atoms with Gasteiger partial charge in [-0.05, 0) is 6.42 Å². The second-order valence-electron chi connectivity index (χ2n) is 3.67. The molecule has 4 nitrogen and oxygen atoms in total. The molecule has 0 aliphatic heterocycles. The molecule has 0 spiro atoms. The van der Waals surface area contributed by atoms with E-state index >= 15 is 0 Å². The minimum Gasteiger partial charge on any atom is -0.383 e. The highest BCUT2D eigenvalue weighted by Crippen LogP contribution is 2.02. The summed E-state index contributed by atoms with van der Waals surface area (Å²) >= 11 is 0. The van der Waals surface area contributed by atoms with Crippen molar-refractivity contribution in [3.63, 3.8) is 0 Å². The molecule has 1 aromatic heterocycles. The third kappa shape index (κ3) is 4.95. The first-order valence-electron chi connectivity index (χ1n) is 5.48. The zero-order chi connectivity index (χ0) is 10.9. The Morgan fingerprint density at radius 2 is 2.47 bits per heavy atom. The number of unbranched alkanes of at least 4 members (excludes halogenated alkanes) is 1. The Bertz CT molecular complexity index is 237. The van der Waals surface area contributed by atoms with E-state index in [-0.39, 0.29) is 0 Å². The van der Waals surface area contributed by atoms with E-state index in [2.05, 4.69) is 17.4 Å². The van der Waals surface area contributed by atoms with Crippen molar-refractivity contribution < 1.29 is 9.26 Å². The van der Waals surface area contributed by atoms with Crippen LogP contribution in [0.1, 0.15) is 31.9 Å². The molecule has 0 aliphatic carbocycles. The third-order valence-electron chi connectivity index (χ3n) is 2.34. The Morgan fingerprint density at radius 1 is 1.60 bits per heavy atom. The summed E-state index contributed by atoms with van der Waals surface area (Å²) in [6.07, 6.45) is 5.17. The molecular formula is C11H20N2O2. The third-order valence-corrected chi connectivity index (χ3v) is 2.34. The van der Waals surface area contributed by atoms with Gasteiger partial charge < -0.3 is 14.6 Å². The summed E-state index contributed by atoms with van der Waals surface area (Å²) in [5, 5.41) is 7.26. The summed E-state index contributed by atoms with van der Waals surface area (Å²) in [5.41, 5.74) is 0.938. The zero-order valence-corrected chi connectivity index (χ0v) is 9.53. The van der Waals surface area contributed by atoms with Crippen molar-refractivity contribution in [3.05, 3.63) is 18.0 Å². The normalized spacial score (nSPS) is 12.9. The molecule has 1 heterocycles. The highest BCUT2D eigenvalue weighted by molar-refractivity contribution is 4.94. The van der Waals surface area contributed by atoms with Gasteiger partial charge in [-0.1, -0.05) is 24.9 Å². The Labute approximate surface area is 91.0 Å². The van der Waals surface area contributed by atoms with Gasteiger partial charge in [-0.25, -0.2) is 0 Å². The van der Waals surface area contributed by atoms with Crippen LogP contribution in [0.15, 0.2) is 16.9 Å². The molecule has 1 aromatic rings. The summed E-state index contributed by atoms with van der Waals surface area (Å²) in [6, 6.07) is 2.28. The van der Waals surface area contributed by atoms with Gasteiger partial charge in [-0.3, -0.25) is 0 Å². The molecule has 1 rings (SSSR count). The Balaban J connectivity index is 2.24. The second-order valence-corrected chi connectivity index (χ2v) is 3.67. The maximum Gasteiger partial charge on any atom is 0.124 e.